The van der Waals surface area contributed by atoms with Gasteiger partial charge in [-0.25, -0.2) is 8.42 Å². The van der Waals surface area contributed by atoms with Crippen molar-refractivity contribution in [2.75, 3.05) is 0 Å². The van der Waals surface area contributed by atoms with E-state index in [1.54, 1.807) is 0 Å². The minimum Gasteiger partial charge on any atom is -0.228 e. The highest BCUT2D eigenvalue weighted by Gasteiger charge is 2.40. The number of rotatable bonds is 2. The summed E-state index contributed by atoms with van der Waals surface area (Å²) in [4.78, 5) is 0. The summed E-state index contributed by atoms with van der Waals surface area (Å²) < 4.78 is 23.7. The predicted octanol–water partition coefficient (Wildman–Crippen LogP) is 2.10. The molecule has 1 unspecified atom stereocenters. The van der Waals surface area contributed by atoms with Gasteiger partial charge in [0, 0.05) is 0 Å². The van der Waals surface area contributed by atoms with Gasteiger partial charge in [-0.2, -0.15) is 0 Å². The van der Waals surface area contributed by atoms with Crippen molar-refractivity contribution in [3.63, 3.8) is 0 Å². The highest BCUT2D eigenvalue weighted by molar-refractivity contribution is 7.93. The molecule has 1 radical (unpaired) electrons. The van der Waals surface area contributed by atoms with Crippen LogP contribution in [0, 0.1) is 6.42 Å². The third-order valence-corrected chi connectivity index (χ3v) is 5.71. The fraction of sp³-hybridized carbons (Fsp3) is 0.900. The van der Waals surface area contributed by atoms with Crippen molar-refractivity contribution in [2.24, 2.45) is 0 Å². The molecule has 2 aliphatic carbocycles. The first-order valence-corrected chi connectivity index (χ1v) is 6.88. The van der Waals surface area contributed by atoms with Gasteiger partial charge >= 0.3 is 0 Å². The molecule has 0 heterocycles. The van der Waals surface area contributed by atoms with Crippen LogP contribution in [0.5, 0.6) is 0 Å². The molecule has 0 aliphatic heterocycles. The Kier molecular flexibility index (Phi) is 2.63. The van der Waals surface area contributed by atoms with Crippen LogP contribution < -0.4 is 0 Å². The molecule has 2 rings (SSSR count). The largest absolute Gasteiger partial charge is 0.228 e. The van der Waals surface area contributed by atoms with E-state index >= 15 is 0 Å². The lowest BCUT2D eigenvalue weighted by molar-refractivity contribution is 0.577. The second-order valence-corrected chi connectivity index (χ2v) is 6.65. The zero-order chi connectivity index (χ0) is 9.31. The molecule has 2 fully saturated rings. The number of hydrogen-bond donors (Lipinski definition) is 0. The van der Waals surface area contributed by atoms with E-state index in [1.807, 2.05) is 6.42 Å². The molecule has 0 spiro atoms. The van der Waals surface area contributed by atoms with E-state index in [9.17, 15) is 8.42 Å². The summed E-state index contributed by atoms with van der Waals surface area (Å²) in [5, 5.41) is -0.0886. The van der Waals surface area contributed by atoms with Crippen molar-refractivity contribution in [1.29, 1.82) is 0 Å². The Bertz CT molecular complexity index is 257. The topological polar surface area (TPSA) is 34.1 Å². The maximum absolute atomic E-state index is 11.9. The lowest BCUT2D eigenvalue weighted by Gasteiger charge is -2.13. The van der Waals surface area contributed by atoms with Gasteiger partial charge in [0.15, 0.2) is 9.84 Å². The highest BCUT2D eigenvalue weighted by Crippen LogP contribution is 2.35. The van der Waals surface area contributed by atoms with Crippen LogP contribution in [-0.2, 0) is 9.84 Å². The van der Waals surface area contributed by atoms with Crippen molar-refractivity contribution in [3.8, 4) is 0 Å². The Morgan fingerprint density at radius 2 is 1.77 bits per heavy atom. The van der Waals surface area contributed by atoms with E-state index in [0.717, 1.165) is 32.1 Å². The second kappa shape index (κ2) is 3.60. The van der Waals surface area contributed by atoms with E-state index in [0.29, 0.717) is 0 Å². The van der Waals surface area contributed by atoms with Gasteiger partial charge in [0.2, 0.25) is 0 Å². The maximum Gasteiger partial charge on any atom is 0.156 e. The molecule has 0 N–H and O–H groups in total. The summed E-state index contributed by atoms with van der Waals surface area (Å²) in [5.41, 5.74) is 0. The molecule has 1 atom stereocenters. The molecule has 13 heavy (non-hydrogen) atoms. The predicted molar refractivity (Wildman–Crippen MR) is 53.1 cm³/mol. The fourth-order valence-electron chi connectivity index (χ4n) is 2.03. The number of sulfone groups is 1. The van der Waals surface area contributed by atoms with Gasteiger partial charge in [0.1, 0.15) is 0 Å². The van der Waals surface area contributed by atoms with Crippen LogP contribution in [0.2, 0.25) is 0 Å². The summed E-state index contributed by atoms with van der Waals surface area (Å²) in [6.07, 6.45) is 9.20. The Hall–Kier alpha value is -0.0500. The average Bonchev–Trinajstić information content (AvgIpc) is 2.93. The third-order valence-electron chi connectivity index (χ3n) is 3.03. The Morgan fingerprint density at radius 3 is 2.46 bits per heavy atom. The summed E-state index contributed by atoms with van der Waals surface area (Å²) in [6, 6.07) is 0. The Labute approximate surface area is 80.6 Å². The van der Waals surface area contributed by atoms with Crippen LogP contribution >= 0.6 is 0 Å². The molecular formula is C10H17O2S. The first kappa shape index (κ1) is 9.50. The fourth-order valence-corrected chi connectivity index (χ4v) is 4.22. The van der Waals surface area contributed by atoms with Gasteiger partial charge in [0.05, 0.1) is 10.5 Å². The maximum atomic E-state index is 11.9. The normalized spacial score (nSPS) is 27.1. The Morgan fingerprint density at radius 1 is 1.00 bits per heavy atom. The lowest BCUT2D eigenvalue weighted by Crippen LogP contribution is -2.24. The van der Waals surface area contributed by atoms with E-state index < -0.39 is 9.84 Å². The minimum absolute atomic E-state index is 0.0202. The number of hydrogen-bond acceptors (Lipinski definition) is 2. The second-order valence-electron chi connectivity index (χ2n) is 4.20. The van der Waals surface area contributed by atoms with Crippen molar-refractivity contribution in [2.45, 2.75) is 55.4 Å². The molecule has 2 saturated carbocycles. The summed E-state index contributed by atoms with van der Waals surface area (Å²) in [5.74, 6) is 0. The SMILES string of the molecule is O=S(=O)(C1[CH]CCCCC1)C1CC1. The molecular weight excluding hydrogens is 184 g/mol. The van der Waals surface area contributed by atoms with E-state index in [2.05, 4.69) is 0 Å². The van der Waals surface area contributed by atoms with Gasteiger partial charge < -0.3 is 0 Å². The zero-order valence-electron chi connectivity index (χ0n) is 7.91. The van der Waals surface area contributed by atoms with E-state index in [4.69, 9.17) is 0 Å². The molecule has 0 amide bonds. The van der Waals surface area contributed by atoms with Crippen molar-refractivity contribution in [3.05, 3.63) is 6.42 Å². The minimum atomic E-state index is -2.77. The van der Waals surface area contributed by atoms with Crippen molar-refractivity contribution >= 4 is 9.84 Å². The average molecular weight is 201 g/mol. The molecule has 0 saturated heterocycles. The van der Waals surface area contributed by atoms with Crippen molar-refractivity contribution in [1.82, 2.24) is 0 Å². The van der Waals surface area contributed by atoms with Crippen LogP contribution in [0.3, 0.4) is 0 Å². The molecule has 3 heteroatoms. The highest BCUT2D eigenvalue weighted by atomic mass is 32.2. The van der Waals surface area contributed by atoms with Crippen molar-refractivity contribution < 1.29 is 8.42 Å². The first-order chi connectivity index (χ1) is 6.21. The van der Waals surface area contributed by atoms with E-state index in [-0.39, 0.29) is 10.5 Å². The van der Waals surface area contributed by atoms with Crippen LogP contribution in [0.25, 0.3) is 0 Å². The van der Waals surface area contributed by atoms with Gasteiger partial charge in [-0.3, -0.25) is 0 Å². The van der Waals surface area contributed by atoms with Gasteiger partial charge in [-0.15, -0.1) is 0 Å². The molecule has 0 aromatic carbocycles. The van der Waals surface area contributed by atoms with Crippen LogP contribution in [0.1, 0.15) is 44.9 Å². The quantitative estimate of drug-likeness (QED) is 0.641. The summed E-state index contributed by atoms with van der Waals surface area (Å²) >= 11 is 0. The van der Waals surface area contributed by atoms with Gasteiger partial charge in [-0.1, -0.05) is 19.3 Å². The van der Waals surface area contributed by atoms with Crippen LogP contribution in [0.4, 0.5) is 0 Å². The molecule has 0 bridgehead atoms. The molecule has 2 aliphatic rings. The van der Waals surface area contributed by atoms with E-state index in [1.165, 1.54) is 12.8 Å². The summed E-state index contributed by atoms with van der Waals surface area (Å²) in [7, 11) is -2.77. The Balaban J connectivity index is 2.04. The lowest BCUT2D eigenvalue weighted by atomic mass is 10.2. The molecule has 0 aromatic heterocycles. The monoisotopic (exact) mass is 201 g/mol. The van der Waals surface area contributed by atoms with Crippen LogP contribution in [-0.4, -0.2) is 18.9 Å². The summed E-state index contributed by atoms with van der Waals surface area (Å²) in [6.45, 7) is 0. The molecule has 75 valence electrons. The first-order valence-electron chi connectivity index (χ1n) is 5.27. The zero-order valence-corrected chi connectivity index (χ0v) is 8.72. The van der Waals surface area contributed by atoms with Gasteiger partial charge in [0.25, 0.3) is 0 Å². The molecule has 0 aromatic rings. The van der Waals surface area contributed by atoms with Gasteiger partial charge in [-0.05, 0) is 32.1 Å². The smallest absolute Gasteiger partial charge is 0.156 e. The van der Waals surface area contributed by atoms with Crippen LogP contribution in [0.15, 0.2) is 0 Å². The standard InChI is InChI=1S/C10H17O2S/c11-13(12,10-7-8-10)9-5-3-1-2-4-6-9/h5,9-10H,1-4,6-8H2. The third kappa shape index (κ3) is 2.06. The molecule has 2 nitrogen and oxygen atoms in total.